The van der Waals surface area contributed by atoms with E-state index >= 15 is 0 Å². The van der Waals surface area contributed by atoms with E-state index in [-0.39, 0.29) is 12.0 Å². The maximum atomic E-state index is 14.0. The number of aromatic nitrogens is 1. The Hall–Kier alpha value is -2.18. The van der Waals surface area contributed by atoms with E-state index in [1.54, 1.807) is 18.4 Å². The van der Waals surface area contributed by atoms with Crippen LogP contribution in [0.15, 0.2) is 47.2 Å². The van der Waals surface area contributed by atoms with Crippen molar-refractivity contribution in [2.45, 2.75) is 63.1 Å². The highest BCUT2D eigenvalue weighted by atomic mass is 16.6. The zero-order chi connectivity index (χ0) is 21.7. The monoisotopic (exact) mass is 426 g/mol. The van der Waals surface area contributed by atoms with Gasteiger partial charge in [-0.05, 0) is 24.3 Å². The second-order valence-electron chi connectivity index (χ2n) is 9.60. The van der Waals surface area contributed by atoms with Crippen LogP contribution < -0.4 is 5.11 Å². The number of ether oxygens (including phenoxy) is 1. The van der Waals surface area contributed by atoms with Gasteiger partial charge in [-0.3, -0.25) is 4.79 Å². The van der Waals surface area contributed by atoms with E-state index in [1.165, 1.54) is 0 Å². The predicted octanol–water partition coefficient (Wildman–Crippen LogP) is 3.21. The van der Waals surface area contributed by atoms with Crippen LogP contribution >= 0.6 is 0 Å². The van der Waals surface area contributed by atoms with Gasteiger partial charge in [-0.25, -0.2) is 0 Å². The predicted molar refractivity (Wildman–Crippen MR) is 115 cm³/mol. The Morgan fingerprint density at radius 1 is 1.19 bits per heavy atom. The lowest BCUT2D eigenvalue weighted by molar-refractivity contribution is -0.917. The Bertz CT molecular complexity index is 834. The highest BCUT2D eigenvalue weighted by Gasteiger charge is 2.42. The number of carbonyl (C=O) groups excluding carboxylic acids is 1. The zero-order valence-corrected chi connectivity index (χ0v) is 18.5. The van der Waals surface area contributed by atoms with Crippen LogP contribution in [-0.4, -0.2) is 48.4 Å². The van der Waals surface area contributed by atoms with E-state index in [9.17, 15) is 9.90 Å². The summed E-state index contributed by atoms with van der Waals surface area (Å²) in [5.41, 5.74) is -0.277. The van der Waals surface area contributed by atoms with Crippen LogP contribution in [0, 0.1) is 5.92 Å². The topological polar surface area (TPSA) is 75.4 Å². The Kier molecular flexibility index (Phi) is 6.77. The van der Waals surface area contributed by atoms with Gasteiger partial charge in [0.15, 0.2) is 6.10 Å². The smallest absolute Gasteiger partial charge is 0.300 e. The normalized spacial score (nSPS) is 26.5. The van der Waals surface area contributed by atoms with Gasteiger partial charge in [0.2, 0.25) is 0 Å². The fourth-order valence-electron chi connectivity index (χ4n) is 5.46. The lowest BCUT2D eigenvalue weighted by atomic mass is 9.80. The largest absolute Gasteiger partial charge is 0.837 e. The molecule has 1 saturated heterocycles. The van der Waals surface area contributed by atoms with Crippen molar-refractivity contribution < 1.29 is 23.6 Å². The molecule has 2 unspecified atom stereocenters. The molecular formula is C25H34N2O4. The second kappa shape index (κ2) is 9.53. The van der Waals surface area contributed by atoms with Crippen LogP contribution in [-0.2, 0) is 21.6 Å². The van der Waals surface area contributed by atoms with Crippen molar-refractivity contribution in [2.75, 3.05) is 26.7 Å². The van der Waals surface area contributed by atoms with Gasteiger partial charge in [-0.2, -0.15) is 0 Å². The minimum absolute atomic E-state index is 0.186. The number of esters is 1. The number of hydrogen-bond acceptors (Lipinski definition) is 5. The van der Waals surface area contributed by atoms with Crippen molar-refractivity contribution >= 4 is 5.97 Å². The second-order valence-corrected chi connectivity index (χ2v) is 9.60. The SMILES string of the molecule is C[N@@+]1(CCCc2ccon2)CCCC(OC(=O)C([O-])(c2ccccc2)C2CCCC2)C1. The van der Waals surface area contributed by atoms with E-state index in [4.69, 9.17) is 9.26 Å². The van der Waals surface area contributed by atoms with E-state index < -0.39 is 11.6 Å². The van der Waals surface area contributed by atoms with Crippen LogP contribution in [0.25, 0.3) is 0 Å². The van der Waals surface area contributed by atoms with E-state index in [0.29, 0.717) is 5.56 Å². The van der Waals surface area contributed by atoms with Crippen molar-refractivity contribution in [2.24, 2.45) is 5.92 Å². The van der Waals surface area contributed by atoms with Crippen molar-refractivity contribution in [1.29, 1.82) is 0 Å². The molecule has 2 aliphatic rings. The average Bonchev–Trinajstić information content (AvgIpc) is 3.48. The fourth-order valence-corrected chi connectivity index (χ4v) is 5.46. The molecule has 0 radical (unpaired) electrons. The average molecular weight is 427 g/mol. The number of quaternary nitrogens is 1. The van der Waals surface area contributed by atoms with Crippen LogP contribution in [0.1, 0.15) is 56.2 Å². The van der Waals surface area contributed by atoms with Gasteiger partial charge < -0.3 is 18.8 Å². The van der Waals surface area contributed by atoms with Crippen LogP contribution in [0.5, 0.6) is 0 Å². The van der Waals surface area contributed by atoms with E-state index in [0.717, 1.165) is 81.2 Å². The third-order valence-corrected chi connectivity index (χ3v) is 7.20. The summed E-state index contributed by atoms with van der Waals surface area (Å²) < 4.78 is 11.7. The number of rotatable bonds is 8. The van der Waals surface area contributed by atoms with Crippen molar-refractivity contribution in [3.8, 4) is 0 Å². The number of carbonyl (C=O) groups is 1. The molecule has 4 rings (SSSR count). The third-order valence-electron chi connectivity index (χ3n) is 7.20. The Morgan fingerprint density at radius 3 is 2.68 bits per heavy atom. The van der Waals surface area contributed by atoms with Gasteiger partial charge in [0, 0.05) is 24.5 Å². The number of aryl methyl sites for hydroxylation is 1. The molecule has 2 fully saturated rings. The maximum absolute atomic E-state index is 14.0. The Morgan fingerprint density at radius 2 is 1.97 bits per heavy atom. The van der Waals surface area contributed by atoms with Crippen LogP contribution in [0.4, 0.5) is 0 Å². The first-order valence-electron chi connectivity index (χ1n) is 11.7. The number of likely N-dealkylation sites (N-methyl/N-ethyl adjacent to an activating group) is 1. The lowest BCUT2D eigenvalue weighted by Gasteiger charge is -2.46. The number of likely N-dealkylation sites (tertiary alicyclic amines) is 1. The molecule has 3 atom stereocenters. The zero-order valence-electron chi connectivity index (χ0n) is 18.5. The lowest BCUT2D eigenvalue weighted by Crippen LogP contribution is -2.58. The molecule has 6 heteroatoms. The maximum Gasteiger partial charge on any atom is 0.300 e. The summed E-state index contributed by atoms with van der Waals surface area (Å²) >= 11 is 0. The summed E-state index contributed by atoms with van der Waals surface area (Å²) in [5, 5.41) is 18.0. The molecule has 6 nitrogen and oxygen atoms in total. The molecule has 0 spiro atoms. The molecule has 1 aliphatic heterocycles. The molecule has 1 aliphatic carbocycles. The van der Waals surface area contributed by atoms with Gasteiger partial charge in [0.25, 0.3) is 0 Å². The van der Waals surface area contributed by atoms with Crippen LogP contribution in [0.3, 0.4) is 0 Å². The quantitative estimate of drug-likeness (QED) is 0.479. The number of nitrogens with zero attached hydrogens (tertiary/aromatic N) is 2. The first-order valence-corrected chi connectivity index (χ1v) is 11.7. The molecule has 1 saturated carbocycles. The van der Waals surface area contributed by atoms with Crippen LogP contribution in [0.2, 0.25) is 0 Å². The number of hydrogen-bond donors (Lipinski definition) is 0. The summed E-state index contributed by atoms with van der Waals surface area (Å²) in [7, 11) is 2.22. The molecular weight excluding hydrogens is 392 g/mol. The molecule has 2 aromatic rings. The van der Waals surface area contributed by atoms with E-state index in [1.807, 2.05) is 24.3 Å². The summed E-state index contributed by atoms with van der Waals surface area (Å²) in [5.74, 6) is -0.763. The first kappa shape index (κ1) is 22.0. The minimum Gasteiger partial charge on any atom is -0.837 e. The summed E-state index contributed by atoms with van der Waals surface area (Å²) in [6.45, 7) is 2.82. The van der Waals surface area contributed by atoms with Gasteiger partial charge in [0.1, 0.15) is 12.8 Å². The number of piperidine rings is 1. The molecule has 0 amide bonds. The van der Waals surface area contributed by atoms with Crippen molar-refractivity contribution in [3.63, 3.8) is 0 Å². The van der Waals surface area contributed by atoms with Gasteiger partial charge in [0.05, 0.1) is 25.8 Å². The highest BCUT2D eigenvalue weighted by Crippen LogP contribution is 2.40. The highest BCUT2D eigenvalue weighted by molar-refractivity contribution is 5.81. The third kappa shape index (κ3) is 5.01. The summed E-state index contributed by atoms with van der Waals surface area (Å²) in [6.07, 6.45) is 8.75. The fraction of sp³-hybridized carbons (Fsp3) is 0.600. The molecule has 1 aromatic heterocycles. The molecule has 31 heavy (non-hydrogen) atoms. The number of benzene rings is 1. The van der Waals surface area contributed by atoms with Gasteiger partial charge >= 0.3 is 5.97 Å². The molecule has 0 N–H and O–H groups in total. The minimum atomic E-state index is -1.80. The Balaban J connectivity index is 1.41. The standard InChI is InChI=1S/C25H34N2O4/c1-27(16-7-13-22-15-18-30-26-22)17-8-14-23(19-27)31-24(28)25(29,21-11-5-6-12-21)20-9-3-2-4-10-20/h2-4,9-10,15,18,21,23H,5-8,11-14,16-17,19H2,1H3/t23?,25?,27-/m1/s1. The molecule has 0 bridgehead atoms. The molecule has 2 heterocycles. The van der Waals surface area contributed by atoms with Crippen molar-refractivity contribution in [3.05, 3.63) is 53.9 Å². The Labute approximate surface area is 184 Å². The summed E-state index contributed by atoms with van der Waals surface area (Å²) in [4.78, 5) is 13.3. The molecule has 168 valence electrons. The van der Waals surface area contributed by atoms with Gasteiger partial charge in [-0.1, -0.05) is 61.2 Å². The van der Waals surface area contributed by atoms with Crippen molar-refractivity contribution in [1.82, 2.24) is 5.16 Å². The molecule has 1 aromatic carbocycles. The van der Waals surface area contributed by atoms with E-state index in [2.05, 4.69) is 12.2 Å². The summed E-state index contributed by atoms with van der Waals surface area (Å²) in [6, 6.07) is 11.0. The first-order chi connectivity index (χ1) is 15.0. The van der Waals surface area contributed by atoms with Gasteiger partial charge in [-0.15, -0.1) is 0 Å².